The van der Waals surface area contributed by atoms with Gasteiger partial charge in [-0.3, -0.25) is 32.5 Å². The lowest BCUT2D eigenvalue weighted by Crippen LogP contribution is -2.46. The summed E-state index contributed by atoms with van der Waals surface area (Å²) >= 11 is 3.95. The maximum absolute atomic E-state index is 12.8. The maximum Gasteiger partial charge on any atom is 0.481 e. The number of ether oxygens (including phenoxy) is 1. The van der Waals surface area contributed by atoms with Gasteiger partial charge in [-0.15, -0.1) is 0 Å². The van der Waals surface area contributed by atoms with E-state index in [1.54, 1.807) is 13.8 Å². The van der Waals surface area contributed by atoms with Crippen molar-refractivity contribution in [1.29, 1.82) is 0 Å². The van der Waals surface area contributed by atoms with Gasteiger partial charge < -0.3 is 50.9 Å². The van der Waals surface area contributed by atoms with Crippen LogP contribution < -0.4 is 16.4 Å². The predicted molar refractivity (Wildman–Crippen MR) is 187 cm³/mol. The Balaban J connectivity index is 1.70. The minimum Gasteiger partial charge on any atom is -0.386 e. The van der Waals surface area contributed by atoms with Gasteiger partial charge in [0.25, 0.3) is 0 Å². The van der Waals surface area contributed by atoms with Gasteiger partial charge in [0.05, 0.1) is 19.5 Å². The van der Waals surface area contributed by atoms with E-state index in [1.165, 1.54) is 13.8 Å². The predicted octanol–water partition coefficient (Wildman–Crippen LogP) is -0.436. The summed E-state index contributed by atoms with van der Waals surface area (Å²) in [6.45, 7) is 4.00. The van der Waals surface area contributed by atoms with Crippen LogP contribution in [0.3, 0.4) is 0 Å². The lowest BCUT2D eigenvalue weighted by molar-refractivity contribution is -0.137. The van der Waals surface area contributed by atoms with Crippen LogP contribution >= 0.6 is 36.1 Å². The molecule has 10 N–H and O–H groups in total. The van der Waals surface area contributed by atoms with Gasteiger partial charge in [0.1, 0.15) is 29.9 Å². The fourth-order valence-corrected chi connectivity index (χ4v) is 7.66. The third-order valence-corrected chi connectivity index (χ3v) is 11.2. The number of ketones is 1. The van der Waals surface area contributed by atoms with E-state index in [1.807, 2.05) is 0 Å². The molecule has 2 amide bonds. The van der Waals surface area contributed by atoms with Gasteiger partial charge in [-0.25, -0.2) is 28.6 Å². The number of phosphoric ester groups is 3. The summed E-state index contributed by atoms with van der Waals surface area (Å²) in [5, 5.41) is 26.4. The van der Waals surface area contributed by atoms with Crippen LogP contribution in [0.25, 0.3) is 11.2 Å². The standard InChI is InChI=1S/C26H44N7O17P3S/c1-5-13(2)17(35)22-31-21(27)16-23(32-22)33(12-30-16)25-18(36)19(49-51(39,40)41)14(48-25)10-46-52(42,43)50-53(44,45)47-11-26(3,4)20(37)24(38)29-7-6-15(34)28-8-9-54/h12-14,18-20,25,36-37,54H,5-11H2,1-4H3,(H,28,34)(H,29,38)(H,42,43)(H,44,45)(H2,27,31,32)(H2,39,40,41)/t13?,14-,18-,19-,20+,25-/m1/s1. The zero-order valence-electron chi connectivity index (χ0n) is 29.3. The van der Waals surface area contributed by atoms with Crippen LogP contribution in [0.15, 0.2) is 6.33 Å². The van der Waals surface area contributed by atoms with Crippen molar-refractivity contribution in [3.05, 3.63) is 12.2 Å². The molecule has 0 aromatic carbocycles. The monoisotopic (exact) mass is 851 g/mol. The molecule has 0 radical (unpaired) electrons. The Morgan fingerprint density at radius 3 is 2.35 bits per heavy atom. The van der Waals surface area contributed by atoms with Crippen LogP contribution in [0, 0.1) is 11.3 Å². The molecule has 0 spiro atoms. The van der Waals surface area contributed by atoms with Crippen LogP contribution in [-0.2, 0) is 45.9 Å². The molecule has 3 unspecified atom stereocenters. The molecular formula is C26H44N7O17P3S. The number of amides is 2. The number of aliphatic hydroxyl groups is 2. The van der Waals surface area contributed by atoms with Crippen molar-refractivity contribution in [2.24, 2.45) is 11.3 Å². The lowest BCUT2D eigenvalue weighted by atomic mass is 9.87. The van der Waals surface area contributed by atoms with Gasteiger partial charge in [0.2, 0.25) is 17.6 Å². The van der Waals surface area contributed by atoms with Gasteiger partial charge in [-0.1, -0.05) is 27.7 Å². The molecule has 1 aliphatic rings. The molecule has 1 fully saturated rings. The average molecular weight is 852 g/mol. The zero-order valence-corrected chi connectivity index (χ0v) is 32.9. The maximum atomic E-state index is 12.8. The highest BCUT2D eigenvalue weighted by atomic mass is 32.1. The highest BCUT2D eigenvalue weighted by Gasteiger charge is 2.50. The number of nitrogen functional groups attached to an aromatic ring is 1. The largest absolute Gasteiger partial charge is 0.481 e. The highest BCUT2D eigenvalue weighted by molar-refractivity contribution is 7.80. The molecule has 2 aromatic rings. The number of rotatable bonds is 21. The summed E-state index contributed by atoms with van der Waals surface area (Å²) in [5.41, 5.74) is 4.20. The highest BCUT2D eigenvalue weighted by Crippen LogP contribution is 2.61. The quantitative estimate of drug-likeness (QED) is 0.0432. The Kier molecular flexibility index (Phi) is 15.9. The fourth-order valence-electron chi connectivity index (χ4n) is 4.72. The molecule has 1 saturated heterocycles. The van der Waals surface area contributed by atoms with Crippen LogP contribution in [0.5, 0.6) is 0 Å². The van der Waals surface area contributed by atoms with Crippen molar-refractivity contribution in [3.8, 4) is 0 Å². The van der Waals surface area contributed by atoms with Crippen LogP contribution in [0.2, 0.25) is 0 Å². The number of aromatic nitrogens is 4. The summed E-state index contributed by atoms with van der Waals surface area (Å²) in [4.78, 5) is 88.5. The Labute approximate surface area is 313 Å². The summed E-state index contributed by atoms with van der Waals surface area (Å²) in [6.07, 6.45) is -7.85. The summed E-state index contributed by atoms with van der Waals surface area (Å²) < 4.78 is 62.3. The van der Waals surface area contributed by atoms with E-state index in [9.17, 15) is 57.9 Å². The first-order valence-corrected chi connectivity index (χ1v) is 21.2. The summed E-state index contributed by atoms with van der Waals surface area (Å²) in [6, 6.07) is 0. The zero-order chi connectivity index (χ0) is 40.8. The van der Waals surface area contributed by atoms with Crippen molar-refractivity contribution in [2.75, 3.05) is 37.8 Å². The Morgan fingerprint density at radius 2 is 1.74 bits per heavy atom. The number of imidazole rings is 1. The number of carbonyl (C=O) groups is 3. The van der Waals surface area contributed by atoms with Gasteiger partial charge in [0.15, 0.2) is 23.5 Å². The average Bonchev–Trinajstić information content (AvgIpc) is 3.63. The third kappa shape index (κ3) is 12.5. The fraction of sp³-hybridized carbons (Fsp3) is 0.692. The number of fused-ring (bicyclic) bond motifs is 1. The number of carbonyl (C=O) groups excluding carboxylic acids is 3. The molecule has 28 heteroatoms. The first-order valence-electron chi connectivity index (χ1n) is 16.0. The molecule has 54 heavy (non-hydrogen) atoms. The number of phosphoric acid groups is 3. The van der Waals surface area contributed by atoms with E-state index in [4.69, 9.17) is 19.5 Å². The molecule has 3 heterocycles. The number of anilines is 1. The first-order chi connectivity index (χ1) is 24.9. The minimum absolute atomic E-state index is 0.0357. The van der Waals surface area contributed by atoms with Gasteiger partial charge in [-0.05, 0) is 6.42 Å². The molecule has 8 atom stereocenters. The lowest BCUT2D eigenvalue weighted by Gasteiger charge is -2.30. The summed E-state index contributed by atoms with van der Waals surface area (Å²) in [5.74, 6) is -2.39. The van der Waals surface area contributed by atoms with E-state index >= 15 is 0 Å². The number of nitrogens with zero attached hydrogens (tertiary/aromatic N) is 4. The van der Waals surface area contributed by atoms with Gasteiger partial charge in [0, 0.05) is 36.6 Å². The molecule has 0 saturated carbocycles. The number of thiol groups is 1. The topological polar surface area (TPSA) is 364 Å². The van der Waals surface area contributed by atoms with Crippen molar-refractivity contribution < 1.29 is 80.5 Å². The van der Waals surface area contributed by atoms with Crippen LogP contribution in [0.1, 0.15) is 57.4 Å². The number of nitrogens with one attached hydrogen (secondary N) is 2. The minimum atomic E-state index is -5.60. The molecule has 0 aliphatic carbocycles. The Hall–Kier alpha value is -2.44. The smallest absolute Gasteiger partial charge is 0.386 e. The number of hydrogen-bond acceptors (Lipinski definition) is 18. The normalized spacial score (nSPS) is 22.6. The van der Waals surface area contributed by atoms with Crippen LogP contribution in [-0.4, -0.2) is 123 Å². The molecular weight excluding hydrogens is 807 g/mol. The second-order valence-electron chi connectivity index (χ2n) is 12.6. The van der Waals surface area contributed by atoms with E-state index in [-0.39, 0.29) is 41.7 Å². The van der Waals surface area contributed by atoms with E-state index in [0.717, 1.165) is 10.9 Å². The van der Waals surface area contributed by atoms with Gasteiger partial charge >= 0.3 is 23.5 Å². The SMILES string of the molecule is CCC(C)C(=O)c1nc(N)c2ncn([C@@H]3O[C@H](COP(=O)(O)OP(=O)(O)OCC(C)(C)[C@@H](O)C(=O)NCCC(=O)NCCS)[C@@H](OP(=O)(O)O)[C@H]3O)c2n1. The molecule has 1 aliphatic heterocycles. The second kappa shape index (κ2) is 18.7. The van der Waals surface area contributed by atoms with Crippen molar-refractivity contribution in [2.45, 2.75) is 71.2 Å². The molecule has 0 bridgehead atoms. The third-order valence-electron chi connectivity index (χ3n) is 7.85. The number of nitrogens with two attached hydrogens (primary N) is 1. The number of Topliss-reactive ketones (excluding diaryl/α,β-unsaturated/α-hetero) is 1. The van der Waals surface area contributed by atoms with Crippen molar-refractivity contribution in [3.63, 3.8) is 0 Å². The number of hydrogen-bond donors (Lipinski definition) is 10. The number of aliphatic hydroxyl groups excluding tert-OH is 2. The Morgan fingerprint density at radius 1 is 1.09 bits per heavy atom. The molecule has 2 aromatic heterocycles. The Bertz CT molecular complexity index is 1810. The van der Waals surface area contributed by atoms with E-state index in [2.05, 4.69) is 47.0 Å². The van der Waals surface area contributed by atoms with Crippen molar-refractivity contribution >= 4 is 70.7 Å². The second-order valence-corrected chi connectivity index (χ2v) is 17.3. The van der Waals surface area contributed by atoms with Gasteiger partial charge in [-0.2, -0.15) is 16.9 Å². The van der Waals surface area contributed by atoms with Crippen LogP contribution in [0.4, 0.5) is 5.82 Å². The molecule has 24 nitrogen and oxygen atoms in total. The van der Waals surface area contributed by atoms with E-state index < -0.39 is 90.3 Å². The van der Waals surface area contributed by atoms with Crippen molar-refractivity contribution in [1.82, 2.24) is 30.2 Å². The summed E-state index contributed by atoms with van der Waals surface area (Å²) in [7, 11) is -16.5. The molecule has 306 valence electrons. The molecule has 3 rings (SSSR count). The van der Waals surface area contributed by atoms with E-state index in [0.29, 0.717) is 18.7 Å². The first kappa shape index (κ1) is 45.9.